The summed E-state index contributed by atoms with van der Waals surface area (Å²) in [5.74, 6) is 2.26. The maximum Gasteiger partial charge on any atom is 0.190 e. The van der Waals surface area contributed by atoms with Crippen LogP contribution in [0.25, 0.3) is 11.2 Å². The molecule has 0 bridgehead atoms. The van der Waals surface area contributed by atoms with Crippen molar-refractivity contribution < 1.29 is 9.47 Å². The lowest BCUT2D eigenvalue weighted by Gasteiger charge is -2.24. The first kappa shape index (κ1) is 11.3. The van der Waals surface area contributed by atoms with Gasteiger partial charge in [0.25, 0.3) is 0 Å². The Bertz CT molecular complexity index is 782. The van der Waals surface area contributed by atoms with Gasteiger partial charge in [-0.05, 0) is 31.2 Å². The molecule has 0 saturated carbocycles. The van der Waals surface area contributed by atoms with Gasteiger partial charge in [-0.1, -0.05) is 12.1 Å². The van der Waals surface area contributed by atoms with Gasteiger partial charge in [0, 0.05) is 5.69 Å². The van der Waals surface area contributed by atoms with Gasteiger partial charge in [-0.15, -0.1) is 0 Å². The van der Waals surface area contributed by atoms with Gasteiger partial charge in [-0.2, -0.15) is 0 Å². The summed E-state index contributed by atoms with van der Waals surface area (Å²) in [5, 5.41) is 0. The molecular weight excluding hydrogens is 254 g/mol. The summed E-state index contributed by atoms with van der Waals surface area (Å²) < 4.78 is 11.6. The second kappa shape index (κ2) is 4.23. The van der Waals surface area contributed by atoms with Crippen molar-refractivity contribution in [1.82, 2.24) is 15.0 Å². The first-order chi connectivity index (χ1) is 9.79. The van der Waals surface area contributed by atoms with E-state index in [0.29, 0.717) is 12.3 Å². The predicted molar refractivity (Wildman–Crippen MR) is 73.9 cm³/mol. The van der Waals surface area contributed by atoms with Gasteiger partial charge in [0.2, 0.25) is 0 Å². The molecule has 0 saturated heterocycles. The molecule has 1 aromatic carbocycles. The molecule has 1 N–H and O–H groups in total. The summed E-state index contributed by atoms with van der Waals surface area (Å²) in [7, 11) is 0. The van der Waals surface area contributed by atoms with E-state index in [9.17, 15) is 0 Å². The zero-order valence-corrected chi connectivity index (χ0v) is 11.0. The number of aromatic nitrogens is 3. The zero-order valence-electron chi connectivity index (χ0n) is 11.0. The van der Waals surface area contributed by atoms with Crippen molar-refractivity contribution in [2.24, 2.45) is 0 Å². The summed E-state index contributed by atoms with van der Waals surface area (Å²) in [6, 6.07) is 11.6. The number of pyridine rings is 1. The molecule has 0 aliphatic carbocycles. The van der Waals surface area contributed by atoms with E-state index in [-0.39, 0.29) is 6.10 Å². The molecule has 1 aliphatic heterocycles. The summed E-state index contributed by atoms with van der Waals surface area (Å²) in [5.41, 5.74) is 2.57. The van der Waals surface area contributed by atoms with Crippen molar-refractivity contribution in [3.8, 4) is 11.5 Å². The number of hydrogen-bond acceptors (Lipinski definition) is 4. The Labute approximate surface area is 115 Å². The quantitative estimate of drug-likeness (QED) is 0.736. The van der Waals surface area contributed by atoms with Gasteiger partial charge in [0.05, 0.1) is 5.52 Å². The minimum atomic E-state index is -0.237. The fraction of sp³-hybridized carbons (Fsp3) is 0.200. The molecule has 2 aromatic heterocycles. The fourth-order valence-corrected chi connectivity index (χ4v) is 2.31. The number of para-hydroxylation sites is 2. The first-order valence-corrected chi connectivity index (χ1v) is 6.51. The van der Waals surface area contributed by atoms with Crippen LogP contribution in [-0.4, -0.2) is 21.6 Å². The number of hydrogen-bond donors (Lipinski definition) is 1. The van der Waals surface area contributed by atoms with E-state index in [2.05, 4.69) is 15.0 Å². The average molecular weight is 267 g/mol. The normalized spacial score (nSPS) is 17.4. The van der Waals surface area contributed by atoms with Crippen molar-refractivity contribution in [3.05, 3.63) is 47.9 Å². The largest absolute Gasteiger partial charge is 0.485 e. The Morgan fingerprint density at radius 3 is 2.85 bits per heavy atom. The van der Waals surface area contributed by atoms with Crippen molar-refractivity contribution in [2.45, 2.75) is 13.0 Å². The highest BCUT2D eigenvalue weighted by molar-refractivity contribution is 5.70. The molecule has 5 heteroatoms. The van der Waals surface area contributed by atoms with E-state index < -0.39 is 0 Å². The Balaban J connectivity index is 1.70. The number of rotatable bonds is 1. The molecule has 5 nitrogen and oxygen atoms in total. The van der Waals surface area contributed by atoms with E-state index in [1.54, 1.807) is 0 Å². The zero-order chi connectivity index (χ0) is 13.5. The first-order valence-electron chi connectivity index (χ1n) is 6.51. The van der Waals surface area contributed by atoms with E-state index in [1.807, 2.05) is 43.3 Å². The topological polar surface area (TPSA) is 60.0 Å². The molecule has 0 amide bonds. The number of aromatic amines is 1. The third-order valence-corrected chi connectivity index (χ3v) is 3.32. The monoisotopic (exact) mass is 267 g/mol. The SMILES string of the molecule is Cc1ccc2[nH]c(C3COc4ccccc4O3)nc2n1. The van der Waals surface area contributed by atoms with Crippen molar-refractivity contribution in [3.63, 3.8) is 0 Å². The smallest absolute Gasteiger partial charge is 0.190 e. The minimum Gasteiger partial charge on any atom is -0.485 e. The number of H-pyrrole nitrogens is 1. The fourth-order valence-electron chi connectivity index (χ4n) is 2.31. The lowest BCUT2D eigenvalue weighted by Crippen LogP contribution is -2.22. The molecule has 20 heavy (non-hydrogen) atoms. The summed E-state index contributed by atoms with van der Waals surface area (Å²) in [6.07, 6.45) is -0.237. The maximum absolute atomic E-state index is 5.93. The number of nitrogens with one attached hydrogen (secondary N) is 1. The number of ether oxygens (including phenoxy) is 2. The average Bonchev–Trinajstić information content (AvgIpc) is 2.89. The Morgan fingerprint density at radius 2 is 1.95 bits per heavy atom. The second-order valence-corrected chi connectivity index (χ2v) is 4.81. The molecule has 4 rings (SSSR count). The van der Waals surface area contributed by atoms with Crippen LogP contribution in [0.4, 0.5) is 0 Å². The molecule has 3 aromatic rings. The number of aryl methyl sites for hydroxylation is 1. The van der Waals surface area contributed by atoms with Crippen molar-refractivity contribution in [2.75, 3.05) is 6.61 Å². The number of benzene rings is 1. The van der Waals surface area contributed by atoms with E-state index in [1.165, 1.54) is 0 Å². The third-order valence-electron chi connectivity index (χ3n) is 3.32. The summed E-state index contributed by atoms with van der Waals surface area (Å²) in [6.45, 7) is 2.39. The van der Waals surface area contributed by atoms with Gasteiger partial charge in [0.15, 0.2) is 29.1 Å². The summed E-state index contributed by atoms with van der Waals surface area (Å²) >= 11 is 0. The minimum absolute atomic E-state index is 0.237. The molecule has 0 fully saturated rings. The number of imidazole rings is 1. The third kappa shape index (κ3) is 1.79. The Morgan fingerprint density at radius 1 is 1.10 bits per heavy atom. The second-order valence-electron chi connectivity index (χ2n) is 4.81. The van der Waals surface area contributed by atoms with Gasteiger partial charge in [-0.25, -0.2) is 9.97 Å². The van der Waals surface area contributed by atoms with Gasteiger partial charge in [0.1, 0.15) is 6.61 Å². The highest BCUT2D eigenvalue weighted by Gasteiger charge is 2.25. The van der Waals surface area contributed by atoms with Crippen LogP contribution < -0.4 is 9.47 Å². The van der Waals surface area contributed by atoms with Crippen LogP contribution in [0.5, 0.6) is 11.5 Å². The van der Waals surface area contributed by atoms with Gasteiger partial charge >= 0.3 is 0 Å². The molecule has 1 unspecified atom stereocenters. The van der Waals surface area contributed by atoms with Gasteiger partial charge < -0.3 is 14.5 Å². The van der Waals surface area contributed by atoms with Crippen LogP contribution in [0.15, 0.2) is 36.4 Å². The van der Waals surface area contributed by atoms with Crippen LogP contribution in [-0.2, 0) is 0 Å². The van der Waals surface area contributed by atoms with Gasteiger partial charge in [-0.3, -0.25) is 0 Å². The van der Waals surface area contributed by atoms with E-state index in [4.69, 9.17) is 9.47 Å². The highest BCUT2D eigenvalue weighted by atomic mass is 16.6. The Hall–Kier alpha value is -2.56. The highest BCUT2D eigenvalue weighted by Crippen LogP contribution is 2.35. The van der Waals surface area contributed by atoms with Crippen LogP contribution in [0.1, 0.15) is 17.6 Å². The molecule has 3 heterocycles. The van der Waals surface area contributed by atoms with Crippen molar-refractivity contribution >= 4 is 11.2 Å². The number of nitrogens with zero attached hydrogens (tertiary/aromatic N) is 2. The number of fused-ring (bicyclic) bond motifs is 2. The molecule has 0 spiro atoms. The van der Waals surface area contributed by atoms with E-state index in [0.717, 1.165) is 28.5 Å². The van der Waals surface area contributed by atoms with Crippen LogP contribution >= 0.6 is 0 Å². The Kier molecular flexibility index (Phi) is 2.39. The lowest BCUT2D eigenvalue weighted by molar-refractivity contribution is 0.0859. The lowest BCUT2D eigenvalue weighted by atomic mass is 10.2. The molecule has 0 radical (unpaired) electrons. The van der Waals surface area contributed by atoms with Crippen LogP contribution in [0, 0.1) is 6.92 Å². The molecule has 1 atom stereocenters. The van der Waals surface area contributed by atoms with E-state index >= 15 is 0 Å². The summed E-state index contributed by atoms with van der Waals surface area (Å²) in [4.78, 5) is 12.1. The molecule has 100 valence electrons. The molecular formula is C15H13N3O2. The van der Waals surface area contributed by atoms with Crippen LogP contribution in [0.3, 0.4) is 0 Å². The predicted octanol–water partition coefficient (Wildman–Crippen LogP) is 2.78. The van der Waals surface area contributed by atoms with Crippen LogP contribution in [0.2, 0.25) is 0 Å². The maximum atomic E-state index is 5.93. The molecule has 1 aliphatic rings. The van der Waals surface area contributed by atoms with Crippen molar-refractivity contribution in [1.29, 1.82) is 0 Å². The standard InChI is InChI=1S/C15H13N3O2/c1-9-6-7-10-14(16-9)18-15(17-10)13-8-19-11-4-2-3-5-12(11)20-13/h2-7,13H,8H2,1H3,(H,16,17,18).